The van der Waals surface area contributed by atoms with Crippen LogP contribution in [0.5, 0.6) is 0 Å². The number of hydrogen-bond acceptors (Lipinski definition) is 1. The molecule has 0 bridgehead atoms. The quantitative estimate of drug-likeness (QED) is 0.163. The Bertz CT molecular complexity index is 3600. The van der Waals surface area contributed by atoms with Crippen molar-refractivity contribution in [3.63, 3.8) is 0 Å². The van der Waals surface area contributed by atoms with Crippen LogP contribution in [0.3, 0.4) is 0 Å². The minimum Gasteiger partial charge on any atom is -0.456 e. The molecule has 2 nitrogen and oxygen atoms in total. The second kappa shape index (κ2) is 13.2. The largest absolute Gasteiger partial charge is 0.456 e. The van der Waals surface area contributed by atoms with Crippen LogP contribution in [-0.4, -0.2) is 4.57 Å². The third kappa shape index (κ3) is 5.03. The van der Waals surface area contributed by atoms with Crippen molar-refractivity contribution in [1.29, 1.82) is 0 Å². The van der Waals surface area contributed by atoms with Crippen molar-refractivity contribution in [1.82, 2.24) is 4.57 Å². The van der Waals surface area contributed by atoms with Gasteiger partial charge in [0.2, 0.25) is 0 Å². The second-order valence-corrected chi connectivity index (χ2v) is 17.4. The number of nitrogens with zero attached hydrogens (tertiary/aromatic N) is 1. The summed E-state index contributed by atoms with van der Waals surface area (Å²) >= 11 is 0. The van der Waals surface area contributed by atoms with E-state index in [9.17, 15) is 0 Å². The first kappa shape index (κ1) is 34.7. The molecule has 13 rings (SSSR count). The molecule has 3 atom stereocenters. The Morgan fingerprint density at radius 2 is 1.21 bits per heavy atom. The second-order valence-electron chi connectivity index (χ2n) is 17.4. The van der Waals surface area contributed by atoms with Gasteiger partial charge in [0.05, 0.1) is 5.52 Å². The first-order valence-electron chi connectivity index (χ1n) is 21.9. The minimum absolute atomic E-state index is 0.163. The average Bonchev–Trinajstić information content (AvgIpc) is 3.89. The van der Waals surface area contributed by atoms with E-state index in [0.29, 0.717) is 11.8 Å². The molecule has 2 heterocycles. The van der Waals surface area contributed by atoms with Crippen LogP contribution in [0.25, 0.3) is 100 Å². The van der Waals surface area contributed by atoms with Crippen molar-refractivity contribution in [3.8, 4) is 22.3 Å². The SMILES string of the molecule is C=C1/C=C\C(C)/C(n2c3c(c4ccccc42)=CCCC=3)=C2/C=CC3CC3/C2=C/1c1cccc2oc3cccc(-c4c5ccccc5c(-c5ccccc5)c5ccccc45)c3c12. The number of fused-ring (bicyclic) bond motifs is 11. The Morgan fingerprint density at radius 1 is 0.590 bits per heavy atom. The molecule has 0 saturated heterocycles. The predicted octanol–water partition coefficient (Wildman–Crippen LogP) is 14.2. The fraction of sp³-hybridized carbons (Fsp3) is 0.119. The van der Waals surface area contributed by atoms with E-state index in [0.717, 1.165) is 46.8 Å². The summed E-state index contributed by atoms with van der Waals surface area (Å²) in [6.45, 7) is 7.26. The number of aromatic nitrogens is 1. The van der Waals surface area contributed by atoms with Crippen molar-refractivity contribution in [2.75, 3.05) is 0 Å². The molecule has 3 unspecified atom stereocenters. The highest BCUT2D eigenvalue weighted by Crippen LogP contribution is 2.57. The van der Waals surface area contributed by atoms with E-state index in [1.165, 1.54) is 93.2 Å². The summed E-state index contributed by atoms with van der Waals surface area (Å²) in [6, 6.07) is 51.0. The van der Waals surface area contributed by atoms with Crippen LogP contribution >= 0.6 is 0 Å². The van der Waals surface area contributed by atoms with Crippen LogP contribution in [0, 0.1) is 17.8 Å². The monoisotopic (exact) mass is 781 g/mol. The number of furan rings is 1. The molecule has 0 spiro atoms. The van der Waals surface area contributed by atoms with Crippen LogP contribution in [-0.2, 0) is 0 Å². The van der Waals surface area contributed by atoms with Crippen molar-refractivity contribution in [3.05, 3.63) is 203 Å². The molecule has 0 aliphatic heterocycles. The number of rotatable bonds is 4. The normalized spacial score (nSPS) is 22.4. The van der Waals surface area contributed by atoms with Gasteiger partial charge in [-0.05, 0) is 121 Å². The van der Waals surface area contributed by atoms with Gasteiger partial charge in [-0.25, -0.2) is 0 Å². The standard InChI is InChI=1S/C59H43NO/c1-35-30-31-36(2)59(60-49-26-12-10-18-39(49)40-19-11-13-27-50(40)60)47-33-32-38-34-48(38)56(47)53(35)45-24-14-28-51-57(45)58-46(25-15-29-52(58)61-51)55-43-22-8-6-20-41(43)54(37-16-4-3-5-17-37)42-21-7-9-23-44(42)55/h3-10,12,14-33,36,38,48H,1,11,13,34H2,2H3/b31-30-,56-53-,59-47+. The van der Waals surface area contributed by atoms with Crippen molar-refractivity contribution in [2.45, 2.75) is 26.2 Å². The van der Waals surface area contributed by atoms with Gasteiger partial charge in [0.25, 0.3) is 0 Å². The van der Waals surface area contributed by atoms with E-state index in [1.54, 1.807) is 0 Å². The topological polar surface area (TPSA) is 18.1 Å². The fourth-order valence-corrected chi connectivity index (χ4v) is 11.3. The number of allylic oxidation sites excluding steroid dienone is 9. The summed E-state index contributed by atoms with van der Waals surface area (Å²) in [7, 11) is 0. The van der Waals surface area contributed by atoms with E-state index >= 15 is 0 Å². The van der Waals surface area contributed by atoms with Gasteiger partial charge >= 0.3 is 0 Å². The predicted molar refractivity (Wildman–Crippen MR) is 257 cm³/mol. The summed E-state index contributed by atoms with van der Waals surface area (Å²) < 4.78 is 9.53. The molecule has 0 amide bonds. The molecule has 9 aromatic rings. The third-order valence-corrected chi connectivity index (χ3v) is 14.0. The zero-order valence-electron chi connectivity index (χ0n) is 34.2. The Kier molecular flexibility index (Phi) is 7.49. The highest BCUT2D eigenvalue weighted by Gasteiger charge is 2.45. The fourth-order valence-electron chi connectivity index (χ4n) is 11.3. The molecule has 7 aromatic carbocycles. The Morgan fingerprint density at radius 3 is 1.95 bits per heavy atom. The van der Waals surface area contributed by atoms with Gasteiger partial charge < -0.3 is 8.98 Å². The van der Waals surface area contributed by atoms with Crippen LogP contribution in [0.15, 0.2) is 192 Å². The highest BCUT2D eigenvalue weighted by atomic mass is 16.3. The van der Waals surface area contributed by atoms with Gasteiger partial charge in [-0.15, -0.1) is 0 Å². The summed E-state index contributed by atoms with van der Waals surface area (Å²) in [4.78, 5) is 0. The molecule has 2 heteroatoms. The zero-order chi connectivity index (χ0) is 40.3. The molecule has 4 aliphatic rings. The van der Waals surface area contributed by atoms with Crippen LogP contribution < -0.4 is 10.6 Å². The van der Waals surface area contributed by atoms with E-state index in [-0.39, 0.29) is 5.92 Å². The molecule has 1 fully saturated rings. The van der Waals surface area contributed by atoms with E-state index < -0.39 is 0 Å². The van der Waals surface area contributed by atoms with Gasteiger partial charge in [-0.1, -0.05) is 171 Å². The maximum atomic E-state index is 6.93. The summed E-state index contributed by atoms with van der Waals surface area (Å²) in [5, 5.41) is 11.3. The first-order valence-corrected chi connectivity index (χ1v) is 21.9. The highest BCUT2D eigenvalue weighted by molar-refractivity contribution is 6.26. The maximum Gasteiger partial charge on any atom is 0.136 e. The lowest BCUT2D eigenvalue weighted by molar-refractivity contribution is 0.669. The third-order valence-electron chi connectivity index (χ3n) is 14.0. The summed E-state index contributed by atoms with van der Waals surface area (Å²) in [6.07, 6.45) is 17.8. The molecule has 4 aliphatic carbocycles. The molecule has 0 radical (unpaired) electrons. The maximum absolute atomic E-state index is 6.93. The first-order chi connectivity index (χ1) is 30.1. The molecule has 290 valence electrons. The van der Waals surface area contributed by atoms with Crippen molar-refractivity contribution >= 4 is 77.8 Å². The lowest BCUT2D eigenvalue weighted by atomic mass is 9.79. The lowest BCUT2D eigenvalue weighted by Gasteiger charge is -2.29. The minimum atomic E-state index is 0.163. The van der Waals surface area contributed by atoms with Gasteiger partial charge in [0.1, 0.15) is 11.2 Å². The Balaban J connectivity index is 1.14. The van der Waals surface area contributed by atoms with Gasteiger partial charge in [-0.2, -0.15) is 0 Å². The van der Waals surface area contributed by atoms with Crippen LogP contribution in [0.2, 0.25) is 0 Å². The van der Waals surface area contributed by atoms with E-state index in [4.69, 9.17) is 11.0 Å². The Hall–Kier alpha value is -7.16. The summed E-state index contributed by atoms with van der Waals surface area (Å²) in [5.74, 6) is 1.13. The molecule has 1 saturated carbocycles. The van der Waals surface area contributed by atoms with Crippen LogP contribution in [0.1, 0.15) is 31.7 Å². The van der Waals surface area contributed by atoms with Crippen LogP contribution in [0.4, 0.5) is 0 Å². The van der Waals surface area contributed by atoms with Gasteiger partial charge in [0, 0.05) is 38.3 Å². The summed E-state index contributed by atoms with van der Waals surface area (Å²) in [5.41, 5.74) is 15.6. The van der Waals surface area contributed by atoms with E-state index in [1.807, 2.05) is 0 Å². The van der Waals surface area contributed by atoms with E-state index in [2.05, 4.69) is 187 Å². The Labute approximate surface area is 354 Å². The smallest absolute Gasteiger partial charge is 0.136 e. The number of hydrogen-bond donors (Lipinski definition) is 0. The number of benzene rings is 7. The van der Waals surface area contributed by atoms with Gasteiger partial charge in [0.15, 0.2) is 0 Å². The molecule has 0 N–H and O–H groups in total. The molecular weight excluding hydrogens is 739 g/mol. The molecule has 2 aromatic heterocycles. The lowest BCUT2D eigenvalue weighted by Crippen LogP contribution is -2.32. The van der Waals surface area contributed by atoms with Crippen molar-refractivity contribution < 1.29 is 4.42 Å². The molecular formula is C59H43NO. The van der Waals surface area contributed by atoms with Crippen molar-refractivity contribution in [2.24, 2.45) is 17.8 Å². The van der Waals surface area contributed by atoms with Gasteiger partial charge in [-0.3, -0.25) is 0 Å². The number of para-hydroxylation sites is 1. The zero-order valence-corrected chi connectivity index (χ0v) is 34.2. The molecule has 61 heavy (non-hydrogen) atoms. The average molecular weight is 782 g/mol.